The Balaban J connectivity index is 4.70. The number of carbonyl (C=O) groups is 1. The van der Waals surface area contributed by atoms with Crippen molar-refractivity contribution in [3.63, 3.8) is 0 Å². The minimum Gasteiger partial charge on any atom is -0.480 e. The Kier molecular flexibility index (Phi) is 8.48. The van der Waals surface area contributed by atoms with Crippen molar-refractivity contribution in [1.82, 2.24) is 4.90 Å². The minimum absolute atomic E-state index is 0.419. The van der Waals surface area contributed by atoms with Crippen molar-refractivity contribution in [3.05, 3.63) is 35.9 Å². The van der Waals surface area contributed by atoms with Gasteiger partial charge < -0.3 is 10.0 Å². The maximum atomic E-state index is 11.1. The van der Waals surface area contributed by atoms with Crippen molar-refractivity contribution in [2.45, 2.75) is 51.8 Å². The summed E-state index contributed by atoms with van der Waals surface area (Å²) in [4.78, 5) is 14.0. The van der Waals surface area contributed by atoms with Gasteiger partial charge in [-0.1, -0.05) is 32.6 Å². The molecule has 0 radical (unpaired) electrons. The largest absolute Gasteiger partial charge is 0.480 e. The summed E-state index contributed by atoms with van der Waals surface area (Å²) in [6.07, 6.45) is 9.11. The zero-order valence-corrected chi connectivity index (χ0v) is 14.9. The fraction of sp³-hybridized carbons (Fsp3) is 0.588. The van der Waals surface area contributed by atoms with Gasteiger partial charge in [0.25, 0.3) is 0 Å². The number of hydrogen-bond donors (Lipinski definition) is 1. The van der Waals surface area contributed by atoms with Crippen LogP contribution in [0, 0.1) is 5.92 Å². The van der Waals surface area contributed by atoms with E-state index in [0.717, 1.165) is 11.3 Å². The van der Waals surface area contributed by atoms with E-state index < -0.39 is 10.7 Å². The summed E-state index contributed by atoms with van der Waals surface area (Å²) in [6.45, 7) is 13.7. The molecule has 0 rings (SSSR count). The molecular weight excluding hydrogens is 282 g/mol. The number of carboxylic acid groups (broad SMARTS) is 1. The van der Waals surface area contributed by atoms with Gasteiger partial charge in [0, 0.05) is 24.2 Å². The van der Waals surface area contributed by atoms with E-state index in [1.807, 2.05) is 26.2 Å². The Bertz CT molecular complexity index is 411. The van der Waals surface area contributed by atoms with Crippen molar-refractivity contribution >= 4 is 17.7 Å². The third kappa shape index (κ3) is 7.42. The van der Waals surface area contributed by atoms with Crippen LogP contribution < -0.4 is 0 Å². The molecule has 4 heteroatoms. The topological polar surface area (TPSA) is 40.5 Å². The number of rotatable bonds is 9. The molecule has 0 aromatic heterocycles. The van der Waals surface area contributed by atoms with E-state index >= 15 is 0 Å². The summed E-state index contributed by atoms with van der Waals surface area (Å²) in [5, 5.41) is 9.12. The van der Waals surface area contributed by atoms with Crippen molar-refractivity contribution in [3.8, 4) is 0 Å². The second-order valence-corrected chi connectivity index (χ2v) is 7.73. The third-order valence-corrected chi connectivity index (χ3v) is 4.39. The van der Waals surface area contributed by atoms with Crippen LogP contribution >= 0.6 is 11.8 Å². The SMILES string of the molecule is C=C(/C=C\N(C)C(C/C=C\C)C(C)C)SC(C)(C)C(=O)O. The molecule has 1 atom stereocenters. The summed E-state index contributed by atoms with van der Waals surface area (Å²) in [5.74, 6) is -0.296. The second kappa shape index (κ2) is 8.98. The van der Waals surface area contributed by atoms with Crippen molar-refractivity contribution < 1.29 is 9.90 Å². The predicted molar refractivity (Wildman–Crippen MR) is 93.4 cm³/mol. The van der Waals surface area contributed by atoms with Crippen LogP contribution in [0.3, 0.4) is 0 Å². The van der Waals surface area contributed by atoms with E-state index in [1.165, 1.54) is 11.8 Å². The first kappa shape index (κ1) is 19.8. The van der Waals surface area contributed by atoms with E-state index in [2.05, 4.69) is 37.5 Å². The lowest BCUT2D eigenvalue weighted by Gasteiger charge is -2.29. The molecule has 0 aliphatic heterocycles. The van der Waals surface area contributed by atoms with E-state index in [0.29, 0.717) is 12.0 Å². The number of carboxylic acids is 1. The Hall–Kier alpha value is -1.16. The molecule has 0 amide bonds. The molecule has 0 saturated carbocycles. The van der Waals surface area contributed by atoms with Gasteiger partial charge in [-0.2, -0.15) is 0 Å². The molecule has 0 aromatic carbocycles. The predicted octanol–water partition coefficient (Wildman–Crippen LogP) is 4.53. The molecule has 0 fully saturated rings. The molecule has 0 bridgehead atoms. The highest BCUT2D eigenvalue weighted by molar-refractivity contribution is 8.05. The quantitative estimate of drug-likeness (QED) is 0.501. The zero-order valence-electron chi connectivity index (χ0n) is 14.1. The van der Waals surface area contributed by atoms with E-state index in [4.69, 9.17) is 5.11 Å². The number of allylic oxidation sites excluding steroid dienone is 2. The second-order valence-electron chi connectivity index (χ2n) is 5.98. The van der Waals surface area contributed by atoms with Gasteiger partial charge in [-0.25, -0.2) is 0 Å². The molecular formula is C17H29NO2S. The van der Waals surface area contributed by atoms with Gasteiger partial charge in [-0.15, -0.1) is 11.8 Å². The Morgan fingerprint density at radius 1 is 1.43 bits per heavy atom. The van der Waals surface area contributed by atoms with Crippen LogP contribution in [0.5, 0.6) is 0 Å². The molecule has 3 nitrogen and oxygen atoms in total. The normalized spacial score (nSPS) is 14.0. The third-order valence-electron chi connectivity index (χ3n) is 3.30. The maximum absolute atomic E-state index is 11.1. The van der Waals surface area contributed by atoms with Gasteiger partial charge in [-0.05, 0) is 39.2 Å². The zero-order chi connectivity index (χ0) is 16.6. The highest BCUT2D eigenvalue weighted by atomic mass is 32.2. The average molecular weight is 311 g/mol. The lowest BCUT2D eigenvalue weighted by molar-refractivity contribution is -0.138. The van der Waals surface area contributed by atoms with Gasteiger partial charge in [0.1, 0.15) is 4.75 Å². The van der Waals surface area contributed by atoms with Gasteiger partial charge >= 0.3 is 5.97 Å². The van der Waals surface area contributed by atoms with Crippen LogP contribution in [0.2, 0.25) is 0 Å². The summed E-state index contributed by atoms with van der Waals surface area (Å²) < 4.78 is -0.859. The maximum Gasteiger partial charge on any atom is 0.319 e. The summed E-state index contributed by atoms with van der Waals surface area (Å²) >= 11 is 1.27. The molecule has 0 aliphatic rings. The van der Waals surface area contributed by atoms with Crippen LogP contribution in [0.1, 0.15) is 41.0 Å². The smallest absolute Gasteiger partial charge is 0.319 e. The van der Waals surface area contributed by atoms with E-state index in [9.17, 15) is 4.79 Å². The first-order valence-corrected chi connectivity index (χ1v) is 8.06. The number of aliphatic carboxylic acids is 1. The van der Waals surface area contributed by atoms with Gasteiger partial charge in [-0.3, -0.25) is 4.79 Å². The van der Waals surface area contributed by atoms with E-state index in [1.54, 1.807) is 13.8 Å². The van der Waals surface area contributed by atoms with Crippen LogP contribution in [0.25, 0.3) is 0 Å². The van der Waals surface area contributed by atoms with Gasteiger partial charge in [0.2, 0.25) is 0 Å². The number of thioether (sulfide) groups is 1. The highest BCUT2D eigenvalue weighted by Crippen LogP contribution is 2.31. The Morgan fingerprint density at radius 3 is 2.43 bits per heavy atom. The minimum atomic E-state index is -0.859. The molecule has 0 heterocycles. The fourth-order valence-corrected chi connectivity index (χ4v) is 2.77. The Labute approximate surface area is 133 Å². The van der Waals surface area contributed by atoms with Crippen LogP contribution in [-0.2, 0) is 4.79 Å². The molecule has 0 spiro atoms. The monoisotopic (exact) mass is 311 g/mol. The fourth-order valence-electron chi connectivity index (χ4n) is 1.90. The van der Waals surface area contributed by atoms with Crippen LogP contribution in [0.15, 0.2) is 35.9 Å². The standard InChI is InChI=1S/C17H29NO2S/c1-8-9-10-15(13(2)3)18(7)12-11-14(4)21-17(5,6)16(19)20/h8-9,11-13,15H,4,10H2,1-3,5-7H3,(H,19,20)/b9-8-,12-11-. The first-order valence-electron chi connectivity index (χ1n) is 7.24. The van der Waals surface area contributed by atoms with E-state index in [-0.39, 0.29) is 0 Å². The van der Waals surface area contributed by atoms with Crippen LogP contribution in [-0.4, -0.2) is 33.8 Å². The molecule has 1 unspecified atom stereocenters. The van der Waals surface area contributed by atoms with Crippen molar-refractivity contribution in [2.24, 2.45) is 5.92 Å². The average Bonchev–Trinajstić information content (AvgIpc) is 2.35. The van der Waals surface area contributed by atoms with Crippen molar-refractivity contribution in [2.75, 3.05) is 7.05 Å². The van der Waals surface area contributed by atoms with Crippen molar-refractivity contribution in [1.29, 1.82) is 0 Å². The van der Waals surface area contributed by atoms with Gasteiger partial charge in [0.05, 0.1) is 0 Å². The lowest BCUT2D eigenvalue weighted by Crippen LogP contribution is -2.31. The van der Waals surface area contributed by atoms with Gasteiger partial charge in [0.15, 0.2) is 0 Å². The first-order chi connectivity index (χ1) is 9.61. The molecule has 0 saturated heterocycles. The summed E-state index contributed by atoms with van der Waals surface area (Å²) in [6, 6.07) is 0.419. The molecule has 1 N–H and O–H groups in total. The molecule has 0 aliphatic carbocycles. The molecule has 120 valence electrons. The summed E-state index contributed by atoms with van der Waals surface area (Å²) in [5.41, 5.74) is 0. The number of hydrogen-bond acceptors (Lipinski definition) is 3. The Morgan fingerprint density at radius 2 is 2.00 bits per heavy atom. The summed E-state index contributed by atoms with van der Waals surface area (Å²) in [7, 11) is 2.05. The lowest BCUT2D eigenvalue weighted by atomic mass is 9.99. The van der Waals surface area contributed by atoms with Crippen LogP contribution in [0.4, 0.5) is 0 Å². The highest BCUT2D eigenvalue weighted by Gasteiger charge is 2.28. The molecule has 21 heavy (non-hydrogen) atoms. The molecule has 0 aromatic rings. The number of nitrogens with zero attached hydrogens (tertiary/aromatic N) is 1.